The van der Waals surface area contributed by atoms with Gasteiger partial charge in [0.15, 0.2) is 11.4 Å². The van der Waals surface area contributed by atoms with Gasteiger partial charge in [0.1, 0.15) is 0 Å². The van der Waals surface area contributed by atoms with Gasteiger partial charge >= 0.3 is 0 Å². The Hall–Kier alpha value is -3.14. The number of nitrogens with zero attached hydrogens (tertiary/aromatic N) is 3. The lowest BCUT2D eigenvalue weighted by molar-refractivity contribution is -0.384. The number of carbonyl (C=O) groups is 2. The normalized spacial score (nSPS) is 21.5. The third-order valence-electron chi connectivity index (χ3n) is 5.50. The Kier molecular flexibility index (Phi) is 5.33. The Morgan fingerprint density at radius 1 is 1.13 bits per heavy atom. The molecule has 1 atom stereocenters. The number of aliphatic hydroxyl groups is 1. The molecule has 1 N–H and O–H groups in total. The number of hydrogen-bond donors (Lipinski definition) is 1. The van der Waals surface area contributed by atoms with E-state index in [9.17, 15) is 24.8 Å². The molecule has 0 saturated carbocycles. The number of ketones is 1. The predicted molar refractivity (Wildman–Crippen MR) is 107 cm³/mol. The maximum absolute atomic E-state index is 13.2. The van der Waals surface area contributed by atoms with Crippen molar-refractivity contribution in [1.29, 1.82) is 0 Å². The van der Waals surface area contributed by atoms with Crippen LogP contribution in [0.1, 0.15) is 22.3 Å². The van der Waals surface area contributed by atoms with Crippen molar-refractivity contribution in [3.8, 4) is 0 Å². The van der Waals surface area contributed by atoms with Crippen LogP contribution >= 0.6 is 0 Å². The minimum Gasteiger partial charge on any atom is -0.379 e. The molecule has 9 heteroatoms. The number of ether oxygens (including phenoxy) is 1. The minimum atomic E-state index is -1.98. The van der Waals surface area contributed by atoms with E-state index in [1.807, 2.05) is 0 Å². The first kappa shape index (κ1) is 20.1. The van der Waals surface area contributed by atoms with Gasteiger partial charge in [-0.3, -0.25) is 29.5 Å². The Labute approximate surface area is 172 Å². The largest absolute Gasteiger partial charge is 0.379 e. The van der Waals surface area contributed by atoms with Crippen LogP contribution in [-0.2, 0) is 15.1 Å². The average Bonchev–Trinajstić information content (AvgIpc) is 2.96. The molecule has 30 heavy (non-hydrogen) atoms. The quantitative estimate of drug-likeness (QED) is 0.437. The monoisotopic (exact) mass is 411 g/mol. The summed E-state index contributed by atoms with van der Waals surface area (Å²) < 4.78 is 5.34. The number of anilines is 1. The van der Waals surface area contributed by atoms with E-state index in [2.05, 4.69) is 4.90 Å². The lowest BCUT2D eigenvalue weighted by Crippen LogP contribution is -2.49. The lowest BCUT2D eigenvalue weighted by Gasteiger charge is -2.31. The number of fused-ring (bicyclic) bond motifs is 1. The highest BCUT2D eigenvalue weighted by Crippen LogP contribution is 2.43. The van der Waals surface area contributed by atoms with Crippen LogP contribution in [-0.4, -0.2) is 59.6 Å². The van der Waals surface area contributed by atoms with Crippen LogP contribution in [0.4, 0.5) is 11.4 Å². The van der Waals surface area contributed by atoms with Crippen molar-refractivity contribution in [2.75, 3.05) is 37.9 Å². The van der Waals surface area contributed by atoms with E-state index in [4.69, 9.17) is 4.74 Å². The molecular formula is C21H21N3O6. The number of benzene rings is 2. The van der Waals surface area contributed by atoms with Crippen LogP contribution in [0, 0.1) is 10.1 Å². The zero-order valence-corrected chi connectivity index (χ0v) is 16.2. The van der Waals surface area contributed by atoms with E-state index >= 15 is 0 Å². The van der Waals surface area contributed by atoms with E-state index in [0.717, 1.165) is 0 Å². The number of carbonyl (C=O) groups excluding carboxylic acids is 2. The number of morpholine rings is 1. The van der Waals surface area contributed by atoms with Gasteiger partial charge in [-0.25, -0.2) is 0 Å². The lowest BCUT2D eigenvalue weighted by atomic mass is 9.88. The molecular weight excluding hydrogens is 390 g/mol. The van der Waals surface area contributed by atoms with Gasteiger partial charge in [0.05, 0.1) is 36.9 Å². The van der Waals surface area contributed by atoms with Crippen molar-refractivity contribution >= 4 is 23.1 Å². The van der Waals surface area contributed by atoms with Crippen molar-refractivity contribution in [2.24, 2.45) is 0 Å². The van der Waals surface area contributed by atoms with Crippen LogP contribution in [0.5, 0.6) is 0 Å². The average molecular weight is 411 g/mol. The fourth-order valence-corrected chi connectivity index (χ4v) is 3.86. The first-order valence-corrected chi connectivity index (χ1v) is 9.62. The molecule has 0 radical (unpaired) electrons. The minimum absolute atomic E-state index is 0.135. The second-order valence-electron chi connectivity index (χ2n) is 7.39. The summed E-state index contributed by atoms with van der Waals surface area (Å²) in [5.74, 6) is -1.02. The molecule has 4 rings (SSSR count). The van der Waals surface area contributed by atoms with Crippen molar-refractivity contribution in [3.05, 3.63) is 69.8 Å². The molecule has 1 amide bonds. The topological polar surface area (TPSA) is 113 Å². The van der Waals surface area contributed by atoms with E-state index in [1.165, 1.54) is 29.2 Å². The molecule has 2 aliphatic rings. The number of nitro groups is 1. The van der Waals surface area contributed by atoms with Crippen LogP contribution in [0.3, 0.4) is 0 Å². The molecule has 2 aromatic carbocycles. The second-order valence-corrected chi connectivity index (χ2v) is 7.39. The zero-order valence-electron chi connectivity index (χ0n) is 16.2. The van der Waals surface area contributed by atoms with Gasteiger partial charge in [-0.1, -0.05) is 18.2 Å². The molecule has 2 heterocycles. The highest BCUT2D eigenvalue weighted by molar-refractivity contribution is 6.10. The number of Topliss-reactive ketones (excluding diaryl/α,β-unsaturated/α-hetero) is 1. The van der Waals surface area contributed by atoms with Gasteiger partial charge in [-0.15, -0.1) is 0 Å². The molecule has 2 aromatic rings. The maximum atomic E-state index is 13.2. The first-order chi connectivity index (χ1) is 14.4. The number of para-hydroxylation sites is 1. The summed E-state index contributed by atoms with van der Waals surface area (Å²) in [6, 6.07) is 12.0. The molecule has 0 aromatic heterocycles. The van der Waals surface area contributed by atoms with Crippen LogP contribution in [0.25, 0.3) is 0 Å². The van der Waals surface area contributed by atoms with Gasteiger partial charge in [0.2, 0.25) is 0 Å². The summed E-state index contributed by atoms with van der Waals surface area (Å²) in [6.07, 6.45) is -0.444. The summed E-state index contributed by atoms with van der Waals surface area (Å²) in [5.41, 5.74) is -0.955. The van der Waals surface area contributed by atoms with E-state index in [1.54, 1.807) is 24.3 Å². The van der Waals surface area contributed by atoms with Gasteiger partial charge in [-0.2, -0.15) is 0 Å². The van der Waals surface area contributed by atoms with Crippen LogP contribution in [0.15, 0.2) is 48.5 Å². The van der Waals surface area contributed by atoms with E-state index < -0.39 is 28.6 Å². The van der Waals surface area contributed by atoms with E-state index in [-0.39, 0.29) is 11.3 Å². The molecule has 0 bridgehead atoms. The first-order valence-electron chi connectivity index (χ1n) is 9.62. The van der Waals surface area contributed by atoms with E-state index in [0.29, 0.717) is 44.2 Å². The Morgan fingerprint density at radius 3 is 2.47 bits per heavy atom. The Morgan fingerprint density at radius 2 is 1.80 bits per heavy atom. The predicted octanol–water partition coefficient (Wildman–Crippen LogP) is 1.69. The molecule has 0 unspecified atom stereocenters. The molecule has 9 nitrogen and oxygen atoms in total. The van der Waals surface area contributed by atoms with Crippen molar-refractivity contribution in [2.45, 2.75) is 12.0 Å². The van der Waals surface area contributed by atoms with Crippen molar-refractivity contribution < 1.29 is 24.4 Å². The third kappa shape index (κ3) is 3.58. The summed E-state index contributed by atoms with van der Waals surface area (Å²) >= 11 is 0. The molecule has 2 aliphatic heterocycles. The maximum Gasteiger partial charge on any atom is 0.269 e. The smallest absolute Gasteiger partial charge is 0.269 e. The summed E-state index contributed by atoms with van der Waals surface area (Å²) in [7, 11) is 0. The standard InChI is InChI=1S/C21H21N3O6/c25-19(15-5-7-16(8-6-15)24(28)29)13-21(27)17-3-1-2-4-18(17)23(20(21)26)14-22-9-11-30-12-10-22/h1-8,27H,9-14H2/t21-/m1/s1. The highest BCUT2D eigenvalue weighted by Gasteiger charge is 2.51. The third-order valence-corrected chi connectivity index (χ3v) is 5.50. The molecule has 1 fully saturated rings. The summed E-state index contributed by atoms with van der Waals surface area (Å²) in [5, 5.41) is 22.1. The van der Waals surface area contributed by atoms with Gasteiger partial charge in [0.25, 0.3) is 11.6 Å². The molecule has 0 spiro atoms. The summed E-state index contributed by atoms with van der Waals surface area (Å²) in [6.45, 7) is 2.80. The number of rotatable bonds is 6. The highest BCUT2D eigenvalue weighted by atomic mass is 16.6. The Bertz CT molecular complexity index is 986. The van der Waals surface area contributed by atoms with Crippen molar-refractivity contribution in [1.82, 2.24) is 4.90 Å². The van der Waals surface area contributed by atoms with Gasteiger partial charge in [-0.05, 0) is 18.2 Å². The van der Waals surface area contributed by atoms with Crippen LogP contribution in [0.2, 0.25) is 0 Å². The fraction of sp³-hybridized carbons (Fsp3) is 0.333. The zero-order chi connectivity index (χ0) is 21.3. The Balaban J connectivity index is 1.59. The fourth-order valence-electron chi connectivity index (χ4n) is 3.86. The van der Waals surface area contributed by atoms with Crippen LogP contribution < -0.4 is 4.90 Å². The number of hydrogen-bond acceptors (Lipinski definition) is 7. The van der Waals surface area contributed by atoms with Crippen molar-refractivity contribution in [3.63, 3.8) is 0 Å². The number of non-ortho nitro benzene ring substituents is 1. The van der Waals surface area contributed by atoms with Gasteiger partial charge < -0.3 is 9.84 Å². The number of amides is 1. The second kappa shape index (κ2) is 7.94. The summed E-state index contributed by atoms with van der Waals surface area (Å²) in [4.78, 5) is 39.9. The number of nitro benzene ring substituents is 1. The SMILES string of the molecule is O=C(C[C@]1(O)C(=O)N(CN2CCOCC2)c2ccccc21)c1ccc([N+](=O)[O-])cc1. The molecule has 1 saturated heterocycles. The molecule has 156 valence electrons. The molecule has 0 aliphatic carbocycles. The van der Waals surface area contributed by atoms with Gasteiger partial charge in [0, 0.05) is 36.3 Å².